The fourth-order valence-electron chi connectivity index (χ4n) is 8.52. The van der Waals surface area contributed by atoms with Crippen LogP contribution in [0.15, 0.2) is 140 Å². The van der Waals surface area contributed by atoms with Gasteiger partial charge in [0, 0.05) is 59.2 Å². The fourth-order valence-corrected chi connectivity index (χ4v) is 8.52. The van der Waals surface area contributed by atoms with Crippen molar-refractivity contribution >= 4 is 33.7 Å². The normalized spacial score (nSPS) is 11.4. The van der Waals surface area contributed by atoms with E-state index in [1.807, 2.05) is 0 Å². The van der Waals surface area contributed by atoms with Gasteiger partial charge in [0.05, 0.1) is 5.69 Å². The van der Waals surface area contributed by atoms with Crippen molar-refractivity contribution < 1.29 is 0 Å². The van der Waals surface area contributed by atoms with Crippen LogP contribution in [0.25, 0.3) is 22.2 Å². The monoisotopic (exact) mass is 709 g/mol. The number of rotatable bonds is 13. The number of aromatic nitrogens is 1. The van der Waals surface area contributed by atoms with E-state index in [0.717, 1.165) is 32.5 Å². The second-order valence-electron chi connectivity index (χ2n) is 14.9. The van der Waals surface area contributed by atoms with Crippen LogP contribution < -0.4 is 9.80 Å². The highest BCUT2D eigenvalue weighted by atomic mass is 15.1. The van der Waals surface area contributed by atoms with Crippen molar-refractivity contribution in [2.24, 2.45) is 0 Å². The Morgan fingerprint density at radius 2 is 1.00 bits per heavy atom. The maximum Gasteiger partial charge on any atom is 0.0533 e. The second kappa shape index (κ2) is 16.2. The maximum absolute atomic E-state index is 2.52. The fraction of sp³-hybridized carbons (Fsp3) is 0.255. The largest absolute Gasteiger partial charge is 0.341 e. The van der Waals surface area contributed by atoms with Gasteiger partial charge in [-0.05, 0) is 123 Å². The van der Waals surface area contributed by atoms with Crippen molar-refractivity contribution in [3.05, 3.63) is 178 Å². The SMILES string of the molecule is CCCN(c1ccc(C(c2ccc(N(CCC)c3ccc(C)cc3C)cc2)c2c(-c3ccccc3)n(CC)c3ccccc23)cc1)c1ccc(C)cc1C. The van der Waals surface area contributed by atoms with E-state index in [2.05, 4.69) is 202 Å². The van der Waals surface area contributed by atoms with E-state index >= 15 is 0 Å². The predicted molar refractivity (Wildman–Crippen MR) is 233 cm³/mol. The molecule has 0 atom stereocenters. The number of aryl methyl sites for hydroxylation is 5. The number of hydrogen-bond acceptors (Lipinski definition) is 2. The summed E-state index contributed by atoms with van der Waals surface area (Å²) >= 11 is 0. The van der Waals surface area contributed by atoms with Crippen molar-refractivity contribution in [3.63, 3.8) is 0 Å². The summed E-state index contributed by atoms with van der Waals surface area (Å²) < 4.78 is 2.52. The van der Waals surface area contributed by atoms with Gasteiger partial charge in [-0.3, -0.25) is 0 Å². The molecule has 0 saturated carbocycles. The van der Waals surface area contributed by atoms with E-state index < -0.39 is 0 Å². The van der Waals surface area contributed by atoms with Crippen LogP contribution in [0.1, 0.15) is 78.5 Å². The molecule has 0 amide bonds. The minimum absolute atomic E-state index is 0.0162. The van der Waals surface area contributed by atoms with Crippen molar-refractivity contribution in [2.75, 3.05) is 22.9 Å². The third kappa shape index (κ3) is 7.20. The predicted octanol–water partition coefficient (Wildman–Crippen LogP) is 13.8. The van der Waals surface area contributed by atoms with Crippen LogP contribution in [0.4, 0.5) is 22.7 Å². The molecule has 0 saturated heterocycles. The minimum Gasteiger partial charge on any atom is -0.341 e. The number of nitrogens with zero attached hydrogens (tertiary/aromatic N) is 3. The summed E-state index contributed by atoms with van der Waals surface area (Å²) in [5, 5.41) is 1.31. The van der Waals surface area contributed by atoms with Crippen LogP contribution in [-0.4, -0.2) is 17.7 Å². The summed E-state index contributed by atoms with van der Waals surface area (Å²) in [6, 6.07) is 52.5. The molecule has 0 aliphatic rings. The Morgan fingerprint density at radius 3 is 1.46 bits per heavy atom. The summed E-state index contributed by atoms with van der Waals surface area (Å²) in [6.07, 6.45) is 2.14. The molecular weight excluding hydrogens is 655 g/mol. The van der Waals surface area contributed by atoms with Gasteiger partial charge in [-0.2, -0.15) is 0 Å². The Hall–Kier alpha value is -5.54. The molecule has 0 spiro atoms. The average molecular weight is 710 g/mol. The summed E-state index contributed by atoms with van der Waals surface area (Å²) in [6.45, 7) is 18.4. The lowest BCUT2D eigenvalue weighted by Crippen LogP contribution is -2.19. The van der Waals surface area contributed by atoms with Crippen molar-refractivity contribution in [1.29, 1.82) is 0 Å². The smallest absolute Gasteiger partial charge is 0.0533 e. The van der Waals surface area contributed by atoms with E-state index in [0.29, 0.717) is 0 Å². The van der Waals surface area contributed by atoms with Gasteiger partial charge in [0.1, 0.15) is 0 Å². The lowest BCUT2D eigenvalue weighted by atomic mass is 9.82. The van der Waals surface area contributed by atoms with Crippen LogP contribution in [0.2, 0.25) is 0 Å². The van der Waals surface area contributed by atoms with Gasteiger partial charge in [0.25, 0.3) is 0 Å². The standard InChI is InChI=1S/C51H55N3/c1-8-32-53(46-30-20-36(4)34-38(46)6)43-26-22-40(23-27-43)49(41-24-28-44(29-25-41)54(33-9-2)47-31-21-37(5)35-39(47)7)50-45-18-14-15-19-48(45)52(10-3)51(50)42-16-12-11-13-17-42/h11-31,34-35,49H,8-10,32-33H2,1-7H3. The molecule has 0 N–H and O–H groups in total. The number of para-hydroxylation sites is 1. The first-order valence-corrected chi connectivity index (χ1v) is 19.9. The maximum atomic E-state index is 2.52. The topological polar surface area (TPSA) is 11.4 Å². The highest BCUT2D eigenvalue weighted by Gasteiger charge is 2.28. The van der Waals surface area contributed by atoms with Gasteiger partial charge >= 0.3 is 0 Å². The first-order valence-electron chi connectivity index (χ1n) is 19.9. The van der Waals surface area contributed by atoms with Gasteiger partial charge in [-0.15, -0.1) is 0 Å². The molecule has 0 radical (unpaired) electrons. The van der Waals surface area contributed by atoms with Gasteiger partial charge in [-0.25, -0.2) is 0 Å². The molecule has 0 unspecified atom stereocenters. The van der Waals surface area contributed by atoms with E-state index in [1.54, 1.807) is 0 Å². The third-order valence-electron chi connectivity index (χ3n) is 10.9. The summed E-state index contributed by atoms with van der Waals surface area (Å²) in [7, 11) is 0. The number of anilines is 4. The van der Waals surface area contributed by atoms with Crippen LogP contribution in [-0.2, 0) is 6.54 Å². The highest BCUT2D eigenvalue weighted by molar-refractivity contribution is 5.94. The quantitative estimate of drug-likeness (QED) is 0.118. The number of hydrogen-bond donors (Lipinski definition) is 0. The van der Waals surface area contributed by atoms with E-state index in [1.165, 1.54) is 83.9 Å². The molecule has 274 valence electrons. The lowest BCUT2D eigenvalue weighted by Gasteiger charge is -2.28. The summed E-state index contributed by atoms with van der Waals surface area (Å²) in [4.78, 5) is 4.96. The van der Waals surface area contributed by atoms with Gasteiger partial charge < -0.3 is 14.4 Å². The second-order valence-corrected chi connectivity index (χ2v) is 14.9. The first-order chi connectivity index (χ1) is 26.3. The molecule has 7 aromatic rings. The van der Waals surface area contributed by atoms with Crippen LogP contribution >= 0.6 is 0 Å². The molecule has 1 heterocycles. The molecule has 6 aromatic carbocycles. The zero-order valence-electron chi connectivity index (χ0n) is 33.2. The van der Waals surface area contributed by atoms with Gasteiger partial charge in [0.2, 0.25) is 0 Å². The Morgan fingerprint density at radius 1 is 0.519 bits per heavy atom. The Kier molecular flexibility index (Phi) is 11.1. The van der Waals surface area contributed by atoms with Gasteiger partial charge in [0.15, 0.2) is 0 Å². The van der Waals surface area contributed by atoms with Crippen LogP contribution in [0.5, 0.6) is 0 Å². The third-order valence-corrected chi connectivity index (χ3v) is 10.9. The number of benzene rings is 6. The highest BCUT2D eigenvalue weighted by Crippen LogP contribution is 2.45. The zero-order chi connectivity index (χ0) is 37.8. The Balaban J connectivity index is 1.41. The molecular formula is C51H55N3. The molecule has 0 fully saturated rings. The molecule has 3 nitrogen and oxygen atoms in total. The molecule has 0 aliphatic carbocycles. The van der Waals surface area contributed by atoms with Crippen molar-refractivity contribution in [3.8, 4) is 11.3 Å². The van der Waals surface area contributed by atoms with Gasteiger partial charge in [-0.1, -0.05) is 122 Å². The van der Waals surface area contributed by atoms with Crippen molar-refractivity contribution in [2.45, 2.75) is 73.8 Å². The molecule has 54 heavy (non-hydrogen) atoms. The summed E-state index contributed by atoms with van der Waals surface area (Å²) in [5.74, 6) is 0.0162. The van der Waals surface area contributed by atoms with E-state index in [-0.39, 0.29) is 5.92 Å². The first kappa shape index (κ1) is 36.8. The lowest BCUT2D eigenvalue weighted by molar-refractivity contribution is 0.798. The van der Waals surface area contributed by atoms with Crippen molar-refractivity contribution in [1.82, 2.24) is 4.57 Å². The van der Waals surface area contributed by atoms with Crippen LogP contribution in [0.3, 0.4) is 0 Å². The molecule has 0 aliphatic heterocycles. The van der Waals surface area contributed by atoms with Crippen LogP contribution in [0, 0.1) is 27.7 Å². The van der Waals surface area contributed by atoms with E-state index in [4.69, 9.17) is 0 Å². The summed E-state index contributed by atoms with van der Waals surface area (Å²) in [5.41, 5.74) is 18.0. The zero-order valence-corrected chi connectivity index (χ0v) is 33.2. The average Bonchev–Trinajstić information content (AvgIpc) is 3.51. The molecule has 1 aromatic heterocycles. The molecule has 0 bridgehead atoms. The molecule has 3 heteroatoms. The Bertz CT molecular complexity index is 2230. The Labute approximate surface area is 323 Å². The minimum atomic E-state index is 0.0162. The van der Waals surface area contributed by atoms with E-state index in [9.17, 15) is 0 Å². The number of fused-ring (bicyclic) bond motifs is 1. The molecule has 7 rings (SSSR count).